The number of hydrogen-bond donors (Lipinski definition) is 3. The Morgan fingerprint density at radius 3 is 2.71 bits per heavy atom. The van der Waals surface area contributed by atoms with Crippen LogP contribution in [0.2, 0.25) is 0 Å². The van der Waals surface area contributed by atoms with Gasteiger partial charge in [0.25, 0.3) is 5.91 Å². The maximum absolute atomic E-state index is 12.7. The van der Waals surface area contributed by atoms with Crippen LogP contribution in [0.3, 0.4) is 0 Å². The van der Waals surface area contributed by atoms with Gasteiger partial charge in [0.15, 0.2) is 0 Å². The minimum Gasteiger partial charge on any atom is -0.508 e. The Labute approximate surface area is 145 Å². The van der Waals surface area contributed by atoms with E-state index in [0.29, 0.717) is 6.04 Å². The lowest BCUT2D eigenvalue weighted by atomic mass is 9.99. The number of carbonyl (C=O) groups is 1. The van der Waals surface area contributed by atoms with Crippen LogP contribution in [0.25, 0.3) is 0 Å². The van der Waals surface area contributed by atoms with Crippen LogP contribution < -0.4 is 10.6 Å². The van der Waals surface area contributed by atoms with Crippen molar-refractivity contribution in [1.29, 1.82) is 0 Å². The Morgan fingerprint density at radius 1 is 1.25 bits per heavy atom. The van der Waals surface area contributed by atoms with E-state index >= 15 is 0 Å². The maximum Gasteiger partial charge on any atom is 0.256 e. The molecular formula is C18H21N3O2S. The molecule has 126 valence electrons. The summed E-state index contributed by atoms with van der Waals surface area (Å²) < 4.78 is 0. The van der Waals surface area contributed by atoms with E-state index < -0.39 is 0 Å². The number of anilines is 1. The second kappa shape index (κ2) is 5.79. The van der Waals surface area contributed by atoms with Gasteiger partial charge in [0.05, 0.1) is 5.56 Å². The van der Waals surface area contributed by atoms with Crippen molar-refractivity contribution in [3.05, 3.63) is 45.8 Å². The monoisotopic (exact) mass is 343 g/mol. The molecule has 0 aliphatic carbocycles. The molecule has 2 aromatic rings. The fourth-order valence-corrected chi connectivity index (χ4v) is 4.71. The molecule has 2 aliphatic rings. The number of hydrogen-bond acceptors (Lipinski definition) is 5. The standard InChI is InChI=1S/C18H21N3O2S/c1-10(2)21-8-7-13-14(9-21)24-18-15(13)17(23)19-16(20-18)11-3-5-12(22)6-4-11/h3-6,10,16,20,22H,7-9H2,1-2H3,(H,19,23)/t16-/m1/s1. The number of nitrogens with one attached hydrogen (secondary N) is 2. The molecule has 1 aromatic carbocycles. The average molecular weight is 343 g/mol. The van der Waals surface area contributed by atoms with Crippen molar-refractivity contribution in [2.75, 3.05) is 11.9 Å². The van der Waals surface area contributed by atoms with Gasteiger partial charge in [-0.3, -0.25) is 9.69 Å². The molecule has 0 saturated heterocycles. The summed E-state index contributed by atoms with van der Waals surface area (Å²) in [6.07, 6.45) is 0.671. The molecule has 1 aromatic heterocycles. The van der Waals surface area contributed by atoms with E-state index in [4.69, 9.17) is 0 Å². The van der Waals surface area contributed by atoms with Crippen LogP contribution in [0.1, 0.15) is 46.4 Å². The van der Waals surface area contributed by atoms with E-state index in [-0.39, 0.29) is 17.8 Å². The number of phenols is 1. The first-order valence-electron chi connectivity index (χ1n) is 8.28. The summed E-state index contributed by atoms with van der Waals surface area (Å²) in [6.45, 7) is 6.35. The van der Waals surface area contributed by atoms with E-state index in [1.807, 2.05) is 12.1 Å². The highest BCUT2D eigenvalue weighted by molar-refractivity contribution is 7.16. The van der Waals surface area contributed by atoms with Crippen LogP contribution in [-0.4, -0.2) is 28.5 Å². The Balaban J connectivity index is 1.65. The van der Waals surface area contributed by atoms with Crippen LogP contribution in [-0.2, 0) is 13.0 Å². The quantitative estimate of drug-likeness (QED) is 0.784. The molecule has 0 radical (unpaired) electrons. The van der Waals surface area contributed by atoms with E-state index in [1.54, 1.807) is 23.5 Å². The molecule has 0 unspecified atom stereocenters. The fraction of sp³-hybridized carbons (Fsp3) is 0.389. The number of benzene rings is 1. The van der Waals surface area contributed by atoms with Gasteiger partial charge in [0.1, 0.15) is 16.9 Å². The predicted octanol–water partition coefficient (Wildman–Crippen LogP) is 3.07. The highest BCUT2D eigenvalue weighted by Crippen LogP contribution is 2.41. The van der Waals surface area contributed by atoms with Crippen LogP contribution in [0, 0.1) is 0 Å². The SMILES string of the molecule is CC(C)N1CCc2c(sc3c2C(=O)N[C@@H](c2ccc(O)cc2)N3)C1. The van der Waals surface area contributed by atoms with Gasteiger partial charge in [0.2, 0.25) is 0 Å². The molecule has 0 spiro atoms. The van der Waals surface area contributed by atoms with Crippen molar-refractivity contribution in [1.82, 2.24) is 10.2 Å². The van der Waals surface area contributed by atoms with Gasteiger partial charge in [-0.1, -0.05) is 12.1 Å². The summed E-state index contributed by atoms with van der Waals surface area (Å²) in [5.74, 6) is 0.222. The highest BCUT2D eigenvalue weighted by atomic mass is 32.1. The molecule has 3 N–H and O–H groups in total. The van der Waals surface area contributed by atoms with Crippen molar-refractivity contribution >= 4 is 22.2 Å². The van der Waals surface area contributed by atoms with Gasteiger partial charge >= 0.3 is 0 Å². The van der Waals surface area contributed by atoms with Crippen molar-refractivity contribution < 1.29 is 9.90 Å². The number of carbonyl (C=O) groups excluding carboxylic acids is 1. The van der Waals surface area contributed by atoms with Crippen molar-refractivity contribution in [3.63, 3.8) is 0 Å². The number of rotatable bonds is 2. The molecule has 2 aliphatic heterocycles. The number of thiophene rings is 1. The van der Waals surface area contributed by atoms with Gasteiger partial charge in [-0.15, -0.1) is 11.3 Å². The highest BCUT2D eigenvalue weighted by Gasteiger charge is 2.33. The molecule has 5 nitrogen and oxygen atoms in total. The molecule has 6 heteroatoms. The molecule has 24 heavy (non-hydrogen) atoms. The largest absolute Gasteiger partial charge is 0.508 e. The smallest absolute Gasteiger partial charge is 0.256 e. The van der Waals surface area contributed by atoms with Gasteiger partial charge in [-0.05, 0) is 43.5 Å². The van der Waals surface area contributed by atoms with E-state index in [0.717, 1.165) is 35.6 Å². The third-order valence-corrected chi connectivity index (χ3v) is 5.97. The van der Waals surface area contributed by atoms with Gasteiger partial charge in [-0.25, -0.2) is 0 Å². The number of amides is 1. The van der Waals surface area contributed by atoms with E-state index in [9.17, 15) is 9.90 Å². The number of aromatic hydroxyl groups is 1. The third-order valence-electron chi connectivity index (χ3n) is 4.82. The molecule has 4 rings (SSSR count). The second-order valence-electron chi connectivity index (χ2n) is 6.66. The second-order valence-corrected chi connectivity index (χ2v) is 7.77. The molecule has 1 atom stereocenters. The molecule has 0 saturated carbocycles. The molecule has 0 fully saturated rings. The van der Waals surface area contributed by atoms with Gasteiger partial charge in [0, 0.05) is 24.0 Å². The number of fused-ring (bicyclic) bond motifs is 3. The van der Waals surface area contributed by atoms with Crippen molar-refractivity contribution in [2.24, 2.45) is 0 Å². The van der Waals surface area contributed by atoms with Crippen molar-refractivity contribution in [3.8, 4) is 5.75 Å². The summed E-state index contributed by atoms with van der Waals surface area (Å²) in [7, 11) is 0. The lowest BCUT2D eigenvalue weighted by Gasteiger charge is -2.30. The van der Waals surface area contributed by atoms with Crippen LogP contribution in [0.15, 0.2) is 24.3 Å². The summed E-state index contributed by atoms with van der Waals surface area (Å²) in [6, 6.07) is 7.44. The van der Waals surface area contributed by atoms with Gasteiger partial charge < -0.3 is 15.7 Å². The Morgan fingerprint density at radius 2 is 2.00 bits per heavy atom. The zero-order valence-electron chi connectivity index (χ0n) is 13.8. The Kier molecular flexibility index (Phi) is 3.73. The summed E-state index contributed by atoms with van der Waals surface area (Å²) in [5.41, 5.74) is 2.97. The molecule has 0 bridgehead atoms. The lowest BCUT2D eigenvalue weighted by Crippen LogP contribution is -2.39. The zero-order chi connectivity index (χ0) is 16.8. The topological polar surface area (TPSA) is 64.6 Å². The fourth-order valence-electron chi connectivity index (χ4n) is 3.41. The van der Waals surface area contributed by atoms with Gasteiger partial charge in [-0.2, -0.15) is 0 Å². The number of phenolic OH excluding ortho intramolecular Hbond substituents is 1. The van der Waals surface area contributed by atoms with Crippen LogP contribution in [0.4, 0.5) is 5.00 Å². The zero-order valence-corrected chi connectivity index (χ0v) is 14.6. The lowest BCUT2D eigenvalue weighted by molar-refractivity contribution is 0.0934. The van der Waals surface area contributed by atoms with E-state index in [2.05, 4.69) is 29.4 Å². The number of nitrogens with zero attached hydrogens (tertiary/aromatic N) is 1. The Hall–Kier alpha value is -2.05. The molecule has 3 heterocycles. The first-order valence-corrected chi connectivity index (χ1v) is 9.09. The maximum atomic E-state index is 12.7. The summed E-state index contributed by atoms with van der Waals surface area (Å²) in [4.78, 5) is 16.4. The predicted molar refractivity (Wildman–Crippen MR) is 95.5 cm³/mol. The minimum atomic E-state index is -0.257. The van der Waals surface area contributed by atoms with Crippen molar-refractivity contribution in [2.45, 2.75) is 39.0 Å². The average Bonchev–Trinajstić information content (AvgIpc) is 2.93. The molecule has 1 amide bonds. The summed E-state index contributed by atoms with van der Waals surface area (Å²) >= 11 is 1.70. The first-order chi connectivity index (χ1) is 11.5. The third kappa shape index (κ3) is 2.56. The van der Waals surface area contributed by atoms with Crippen LogP contribution >= 0.6 is 11.3 Å². The Bertz CT molecular complexity index is 782. The molecular weight excluding hydrogens is 322 g/mol. The first kappa shape index (κ1) is 15.5. The summed E-state index contributed by atoms with van der Waals surface area (Å²) in [5, 5.41) is 16.9. The van der Waals surface area contributed by atoms with Crippen LogP contribution in [0.5, 0.6) is 5.75 Å². The minimum absolute atomic E-state index is 0.00248. The normalized spacial score (nSPS) is 20.3. The van der Waals surface area contributed by atoms with E-state index in [1.165, 1.54) is 10.4 Å².